The van der Waals surface area contributed by atoms with Crippen molar-refractivity contribution in [3.63, 3.8) is 0 Å². The molecule has 21 heavy (non-hydrogen) atoms. The summed E-state index contributed by atoms with van der Waals surface area (Å²) >= 11 is 5.92. The standard InChI is InChI=1S/C16H16ClN3O/c1-10-7-15-13(16(8-10)20-21-2)9-14(18-19-15)11-3-5-12(17)6-4-11/h3-6,9-10H,7-8H2,1-2H3/t10-/m1/s1. The second-order valence-corrected chi connectivity index (χ2v) is 5.77. The molecule has 0 N–H and O–H groups in total. The zero-order valence-electron chi connectivity index (χ0n) is 12.0. The van der Waals surface area contributed by atoms with Crippen molar-refractivity contribution >= 4 is 17.3 Å². The van der Waals surface area contributed by atoms with Crippen molar-refractivity contribution in [1.82, 2.24) is 10.2 Å². The van der Waals surface area contributed by atoms with Crippen LogP contribution in [0.5, 0.6) is 0 Å². The van der Waals surface area contributed by atoms with Crippen LogP contribution in [-0.4, -0.2) is 23.0 Å². The Bertz CT molecular complexity index is 682. The number of nitrogens with zero attached hydrogens (tertiary/aromatic N) is 3. The van der Waals surface area contributed by atoms with Gasteiger partial charge in [-0.25, -0.2) is 0 Å². The number of hydrogen-bond acceptors (Lipinski definition) is 4. The lowest BCUT2D eigenvalue weighted by molar-refractivity contribution is 0.212. The summed E-state index contributed by atoms with van der Waals surface area (Å²) in [6.45, 7) is 2.18. The lowest BCUT2D eigenvalue weighted by Gasteiger charge is -2.21. The van der Waals surface area contributed by atoms with Crippen molar-refractivity contribution in [3.05, 3.63) is 46.6 Å². The van der Waals surface area contributed by atoms with E-state index in [2.05, 4.69) is 22.3 Å². The van der Waals surface area contributed by atoms with Crippen molar-refractivity contribution in [2.75, 3.05) is 7.11 Å². The van der Waals surface area contributed by atoms with Crippen LogP contribution in [0.3, 0.4) is 0 Å². The lowest BCUT2D eigenvalue weighted by Crippen LogP contribution is -2.21. The summed E-state index contributed by atoms with van der Waals surface area (Å²) in [5.74, 6) is 0.502. The third-order valence-corrected chi connectivity index (χ3v) is 3.86. The monoisotopic (exact) mass is 301 g/mol. The Hall–Kier alpha value is -1.94. The molecule has 4 nitrogen and oxygen atoms in total. The van der Waals surface area contributed by atoms with Crippen LogP contribution in [0, 0.1) is 5.92 Å². The van der Waals surface area contributed by atoms with E-state index in [0.717, 1.165) is 41.1 Å². The molecule has 2 aromatic rings. The van der Waals surface area contributed by atoms with E-state index in [1.807, 2.05) is 30.3 Å². The maximum absolute atomic E-state index is 5.92. The highest BCUT2D eigenvalue weighted by Crippen LogP contribution is 2.27. The maximum Gasteiger partial charge on any atom is 0.106 e. The molecule has 1 heterocycles. The van der Waals surface area contributed by atoms with Crippen LogP contribution >= 0.6 is 11.6 Å². The SMILES string of the molecule is CON=C1C[C@H](C)Cc2nnc(-c3ccc(Cl)cc3)cc21. The predicted molar refractivity (Wildman–Crippen MR) is 83.5 cm³/mol. The minimum Gasteiger partial charge on any atom is -0.399 e. The fraction of sp³-hybridized carbons (Fsp3) is 0.312. The molecule has 0 amide bonds. The van der Waals surface area contributed by atoms with Gasteiger partial charge in [0.25, 0.3) is 0 Å². The van der Waals surface area contributed by atoms with Crippen LogP contribution in [0.4, 0.5) is 0 Å². The Balaban J connectivity index is 2.05. The number of fused-ring (bicyclic) bond motifs is 1. The van der Waals surface area contributed by atoms with Gasteiger partial charge in [-0.05, 0) is 37.0 Å². The van der Waals surface area contributed by atoms with Crippen molar-refractivity contribution in [2.45, 2.75) is 19.8 Å². The third-order valence-electron chi connectivity index (χ3n) is 3.61. The van der Waals surface area contributed by atoms with Crippen molar-refractivity contribution < 1.29 is 4.84 Å². The van der Waals surface area contributed by atoms with Gasteiger partial charge in [-0.1, -0.05) is 35.8 Å². The predicted octanol–water partition coefficient (Wildman–Crippen LogP) is 3.73. The fourth-order valence-electron chi connectivity index (χ4n) is 2.62. The molecule has 5 heteroatoms. The minimum atomic E-state index is 0.502. The average molecular weight is 302 g/mol. The van der Waals surface area contributed by atoms with Crippen LogP contribution in [0.1, 0.15) is 24.6 Å². The van der Waals surface area contributed by atoms with Crippen molar-refractivity contribution in [3.8, 4) is 11.3 Å². The molecular weight excluding hydrogens is 286 g/mol. The second kappa shape index (κ2) is 5.82. The van der Waals surface area contributed by atoms with Crippen molar-refractivity contribution in [1.29, 1.82) is 0 Å². The Morgan fingerprint density at radius 1 is 1.19 bits per heavy atom. The molecule has 0 radical (unpaired) electrons. The third kappa shape index (κ3) is 2.90. The Kier molecular flexibility index (Phi) is 3.88. The highest BCUT2D eigenvalue weighted by Gasteiger charge is 2.23. The summed E-state index contributed by atoms with van der Waals surface area (Å²) in [5.41, 5.74) is 4.78. The lowest BCUT2D eigenvalue weighted by atomic mass is 9.86. The van der Waals surface area contributed by atoms with Crippen LogP contribution < -0.4 is 0 Å². The van der Waals surface area contributed by atoms with Gasteiger partial charge < -0.3 is 4.84 Å². The van der Waals surface area contributed by atoms with Gasteiger partial charge in [0.15, 0.2) is 0 Å². The molecule has 0 spiro atoms. The van der Waals surface area contributed by atoms with E-state index in [1.165, 1.54) is 0 Å². The Morgan fingerprint density at radius 2 is 1.95 bits per heavy atom. The number of benzene rings is 1. The summed E-state index contributed by atoms with van der Waals surface area (Å²) in [4.78, 5) is 4.97. The molecule has 0 saturated heterocycles. The molecule has 0 fully saturated rings. The van der Waals surface area contributed by atoms with Crippen LogP contribution in [0.2, 0.25) is 5.02 Å². The topological polar surface area (TPSA) is 47.4 Å². The first-order chi connectivity index (χ1) is 10.2. The number of rotatable bonds is 2. The first-order valence-electron chi connectivity index (χ1n) is 6.90. The van der Waals surface area contributed by atoms with Gasteiger partial charge in [0.05, 0.1) is 17.1 Å². The van der Waals surface area contributed by atoms with E-state index >= 15 is 0 Å². The molecule has 0 aliphatic heterocycles. The molecule has 1 aliphatic rings. The van der Waals surface area contributed by atoms with Crippen molar-refractivity contribution in [2.24, 2.45) is 11.1 Å². The van der Waals surface area contributed by atoms with Crippen LogP contribution in [-0.2, 0) is 11.3 Å². The number of halogens is 1. The van der Waals surface area contributed by atoms with E-state index in [4.69, 9.17) is 16.4 Å². The molecule has 1 aliphatic carbocycles. The highest BCUT2D eigenvalue weighted by molar-refractivity contribution is 6.30. The molecule has 108 valence electrons. The zero-order valence-corrected chi connectivity index (χ0v) is 12.8. The fourth-order valence-corrected chi connectivity index (χ4v) is 2.74. The quantitative estimate of drug-likeness (QED) is 0.794. The van der Waals surface area contributed by atoms with Gasteiger partial charge in [0, 0.05) is 16.1 Å². The highest BCUT2D eigenvalue weighted by atomic mass is 35.5. The van der Waals surface area contributed by atoms with E-state index in [9.17, 15) is 0 Å². The molecule has 1 aromatic heterocycles. The maximum atomic E-state index is 5.92. The molecule has 1 atom stereocenters. The summed E-state index contributed by atoms with van der Waals surface area (Å²) in [7, 11) is 1.57. The number of hydrogen-bond donors (Lipinski definition) is 0. The molecular formula is C16H16ClN3O. The molecule has 3 rings (SSSR count). The van der Waals surface area contributed by atoms with Crippen LogP contribution in [0.25, 0.3) is 11.3 Å². The summed E-state index contributed by atoms with van der Waals surface area (Å²) in [6.07, 6.45) is 1.82. The molecule has 0 bridgehead atoms. The van der Waals surface area contributed by atoms with Gasteiger partial charge in [-0.2, -0.15) is 10.2 Å². The largest absolute Gasteiger partial charge is 0.399 e. The normalized spacial score (nSPS) is 19.4. The molecule has 0 saturated carbocycles. The van der Waals surface area contributed by atoms with E-state index < -0.39 is 0 Å². The summed E-state index contributed by atoms with van der Waals surface area (Å²) in [6, 6.07) is 9.62. The average Bonchev–Trinajstić information content (AvgIpc) is 2.48. The van der Waals surface area contributed by atoms with Crippen LogP contribution in [0.15, 0.2) is 35.5 Å². The summed E-state index contributed by atoms with van der Waals surface area (Å²) in [5, 5.41) is 13.6. The zero-order chi connectivity index (χ0) is 14.8. The number of aromatic nitrogens is 2. The van der Waals surface area contributed by atoms with E-state index in [-0.39, 0.29) is 0 Å². The first-order valence-corrected chi connectivity index (χ1v) is 7.28. The van der Waals surface area contributed by atoms with Gasteiger partial charge in [-0.3, -0.25) is 0 Å². The second-order valence-electron chi connectivity index (χ2n) is 5.33. The van der Waals surface area contributed by atoms with E-state index in [0.29, 0.717) is 10.9 Å². The van der Waals surface area contributed by atoms with Gasteiger partial charge in [0.1, 0.15) is 7.11 Å². The molecule has 0 unspecified atom stereocenters. The van der Waals surface area contributed by atoms with Gasteiger partial charge in [-0.15, -0.1) is 0 Å². The van der Waals surface area contributed by atoms with Gasteiger partial charge in [0.2, 0.25) is 0 Å². The first kappa shape index (κ1) is 14.0. The summed E-state index contributed by atoms with van der Waals surface area (Å²) < 4.78 is 0. The van der Waals surface area contributed by atoms with Gasteiger partial charge >= 0.3 is 0 Å². The smallest absolute Gasteiger partial charge is 0.106 e. The molecule has 1 aromatic carbocycles. The Morgan fingerprint density at radius 3 is 2.67 bits per heavy atom. The van der Waals surface area contributed by atoms with E-state index in [1.54, 1.807) is 7.11 Å². The number of oxime groups is 1. The minimum absolute atomic E-state index is 0.502. The Labute approximate surface area is 128 Å².